The normalized spacial score (nSPS) is 23.7. The number of carbonyl (C=O) groups is 1. The minimum absolute atomic E-state index is 0.144. The Hall–Kier alpha value is -1.36. The van der Waals surface area contributed by atoms with E-state index in [2.05, 4.69) is 9.97 Å². The molecule has 1 aliphatic rings. The maximum atomic E-state index is 11.0. The Balaban J connectivity index is 2.02. The zero-order chi connectivity index (χ0) is 13.1. The quantitative estimate of drug-likeness (QED) is 0.913. The molecular weight excluding hydrogens is 256 g/mol. The van der Waals surface area contributed by atoms with E-state index in [9.17, 15) is 4.79 Å². The first kappa shape index (κ1) is 13.1. The summed E-state index contributed by atoms with van der Waals surface area (Å²) in [4.78, 5) is 19.1. The van der Waals surface area contributed by atoms with Crippen LogP contribution >= 0.6 is 11.6 Å². The zero-order valence-electron chi connectivity index (χ0n) is 10.1. The molecule has 18 heavy (non-hydrogen) atoms. The van der Waals surface area contributed by atoms with Crippen LogP contribution in [0.1, 0.15) is 31.4 Å². The lowest BCUT2D eigenvalue weighted by molar-refractivity contribution is -0.143. The van der Waals surface area contributed by atoms with Crippen molar-refractivity contribution in [1.82, 2.24) is 9.97 Å². The van der Waals surface area contributed by atoms with Gasteiger partial charge < -0.3 is 9.84 Å². The van der Waals surface area contributed by atoms with Gasteiger partial charge in [-0.15, -0.1) is 0 Å². The first-order chi connectivity index (χ1) is 8.56. The fraction of sp³-hybridized carbons (Fsp3) is 0.583. The van der Waals surface area contributed by atoms with E-state index in [-0.39, 0.29) is 17.2 Å². The summed E-state index contributed by atoms with van der Waals surface area (Å²) in [6.45, 7) is 1.80. The molecule has 5 nitrogen and oxygen atoms in total. The summed E-state index contributed by atoms with van der Waals surface area (Å²) in [5, 5.41) is 9.23. The van der Waals surface area contributed by atoms with E-state index >= 15 is 0 Å². The van der Waals surface area contributed by atoms with Gasteiger partial charge in [0.15, 0.2) is 5.15 Å². The smallest absolute Gasteiger partial charge is 0.306 e. The Kier molecular flexibility index (Phi) is 4.01. The van der Waals surface area contributed by atoms with E-state index in [1.165, 1.54) is 0 Å². The SMILES string of the molecule is Cc1cnc(O[C@H]2CCC[C@H](C(=O)O)C2)c(Cl)n1. The maximum absolute atomic E-state index is 11.0. The van der Waals surface area contributed by atoms with E-state index in [0.717, 1.165) is 18.5 Å². The van der Waals surface area contributed by atoms with Crippen molar-refractivity contribution < 1.29 is 14.6 Å². The molecule has 1 aromatic rings. The van der Waals surface area contributed by atoms with Crippen LogP contribution in [-0.4, -0.2) is 27.1 Å². The summed E-state index contributed by atoms with van der Waals surface area (Å²) in [5.74, 6) is -0.802. The Morgan fingerprint density at radius 1 is 1.56 bits per heavy atom. The lowest BCUT2D eigenvalue weighted by Gasteiger charge is -2.26. The molecule has 2 rings (SSSR count). The average molecular weight is 271 g/mol. The number of aliphatic carboxylic acids is 1. The van der Waals surface area contributed by atoms with E-state index in [1.807, 2.05) is 0 Å². The molecule has 0 unspecified atom stereocenters. The number of carboxylic acid groups (broad SMARTS) is 1. The summed E-state index contributed by atoms with van der Waals surface area (Å²) in [7, 11) is 0. The first-order valence-corrected chi connectivity index (χ1v) is 6.32. The van der Waals surface area contributed by atoms with Crippen molar-refractivity contribution in [3.05, 3.63) is 17.0 Å². The van der Waals surface area contributed by atoms with Crippen molar-refractivity contribution >= 4 is 17.6 Å². The van der Waals surface area contributed by atoms with Crippen LogP contribution in [0.2, 0.25) is 5.15 Å². The number of ether oxygens (including phenoxy) is 1. The molecule has 0 spiro atoms. The second-order valence-corrected chi connectivity index (χ2v) is 4.91. The van der Waals surface area contributed by atoms with Gasteiger partial charge in [-0.25, -0.2) is 9.97 Å². The number of hydrogen-bond acceptors (Lipinski definition) is 4. The molecule has 0 radical (unpaired) electrons. The molecule has 1 saturated carbocycles. The number of hydrogen-bond donors (Lipinski definition) is 1. The molecule has 1 fully saturated rings. The molecule has 6 heteroatoms. The molecule has 0 saturated heterocycles. The number of nitrogens with zero attached hydrogens (tertiary/aromatic N) is 2. The standard InChI is InChI=1S/C12H15ClN2O3/c1-7-6-14-11(10(13)15-7)18-9-4-2-3-8(5-9)12(16)17/h6,8-9H,2-5H2,1H3,(H,16,17)/t8-,9-/m0/s1. The van der Waals surface area contributed by atoms with Crippen molar-refractivity contribution in [2.75, 3.05) is 0 Å². The van der Waals surface area contributed by atoms with Crippen LogP contribution < -0.4 is 4.74 Å². The van der Waals surface area contributed by atoms with E-state index in [0.29, 0.717) is 18.7 Å². The van der Waals surface area contributed by atoms with Crippen molar-refractivity contribution in [3.63, 3.8) is 0 Å². The molecule has 2 atom stereocenters. The van der Waals surface area contributed by atoms with Crippen LogP contribution in [0.15, 0.2) is 6.20 Å². The van der Waals surface area contributed by atoms with E-state index in [1.54, 1.807) is 13.1 Å². The van der Waals surface area contributed by atoms with Gasteiger partial charge in [-0.1, -0.05) is 11.6 Å². The predicted molar refractivity (Wildman–Crippen MR) is 65.8 cm³/mol. The van der Waals surface area contributed by atoms with E-state index < -0.39 is 5.97 Å². The average Bonchev–Trinajstić information content (AvgIpc) is 2.33. The Bertz CT molecular complexity index is 453. The Morgan fingerprint density at radius 3 is 3.00 bits per heavy atom. The Morgan fingerprint density at radius 2 is 2.33 bits per heavy atom. The van der Waals surface area contributed by atoms with Crippen molar-refractivity contribution in [2.45, 2.75) is 38.7 Å². The van der Waals surface area contributed by atoms with Gasteiger partial charge in [-0.3, -0.25) is 4.79 Å². The third kappa shape index (κ3) is 3.10. The first-order valence-electron chi connectivity index (χ1n) is 5.95. The van der Waals surface area contributed by atoms with Crippen LogP contribution in [-0.2, 0) is 4.79 Å². The van der Waals surface area contributed by atoms with Crippen LogP contribution in [0, 0.1) is 12.8 Å². The lowest BCUT2D eigenvalue weighted by atomic mass is 9.87. The summed E-state index contributed by atoms with van der Waals surface area (Å²) < 4.78 is 5.65. The summed E-state index contributed by atoms with van der Waals surface area (Å²) >= 11 is 5.93. The molecule has 0 bridgehead atoms. The fourth-order valence-electron chi connectivity index (χ4n) is 2.15. The fourth-order valence-corrected chi connectivity index (χ4v) is 2.38. The van der Waals surface area contributed by atoms with Gasteiger partial charge in [0.2, 0.25) is 0 Å². The van der Waals surface area contributed by atoms with Crippen LogP contribution in [0.3, 0.4) is 0 Å². The van der Waals surface area contributed by atoms with Crippen molar-refractivity contribution in [2.24, 2.45) is 5.92 Å². The molecule has 0 aromatic carbocycles. The predicted octanol–water partition coefficient (Wildman–Crippen LogP) is 2.46. The van der Waals surface area contributed by atoms with Crippen LogP contribution in [0.5, 0.6) is 5.88 Å². The second kappa shape index (κ2) is 5.52. The largest absolute Gasteiger partial charge is 0.481 e. The highest BCUT2D eigenvalue weighted by Crippen LogP contribution is 2.29. The van der Waals surface area contributed by atoms with Gasteiger partial charge in [0, 0.05) is 0 Å². The molecular formula is C12H15ClN2O3. The molecule has 1 N–H and O–H groups in total. The molecule has 98 valence electrons. The minimum Gasteiger partial charge on any atom is -0.481 e. The maximum Gasteiger partial charge on any atom is 0.306 e. The monoisotopic (exact) mass is 270 g/mol. The molecule has 1 heterocycles. The Labute approximate surface area is 110 Å². The number of rotatable bonds is 3. The molecule has 1 aromatic heterocycles. The molecule has 0 amide bonds. The van der Waals surface area contributed by atoms with Crippen LogP contribution in [0.4, 0.5) is 0 Å². The summed E-state index contributed by atoms with van der Waals surface area (Å²) in [6, 6.07) is 0. The van der Waals surface area contributed by atoms with Gasteiger partial charge in [-0.2, -0.15) is 0 Å². The summed E-state index contributed by atoms with van der Waals surface area (Å²) in [5.41, 5.74) is 0.722. The van der Waals surface area contributed by atoms with Gasteiger partial charge >= 0.3 is 5.97 Å². The molecule has 1 aliphatic carbocycles. The third-order valence-corrected chi connectivity index (χ3v) is 3.32. The van der Waals surface area contributed by atoms with Gasteiger partial charge in [0.1, 0.15) is 6.10 Å². The van der Waals surface area contributed by atoms with Crippen molar-refractivity contribution in [3.8, 4) is 5.88 Å². The minimum atomic E-state index is -0.760. The lowest BCUT2D eigenvalue weighted by Crippen LogP contribution is -2.29. The van der Waals surface area contributed by atoms with Gasteiger partial charge in [-0.05, 0) is 32.6 Å². The topological polar surface area (TPSA) is 72.3 Å². The number of aromatic nitrogens is 2. The summed E-state index contributed by atoms with van der Waals surface area (Å²) in [6.07, 6.45) is 4.32. The third-order valence-electron chi connectivity index (χ3n) is 3.07. The highest BCUT2D eigenvalue weighted by Gasteiger charge is 2.28. The van der Waals surface area contributed by atoms with Gasteiger partial charge in [0.25, 0.3) is 5.88 Å². The number of halogens is 1. The highest BCUT2D eigenvalue weighted by molar-refractivity contribution is 6.30. The van der Waals surface area contributed by atoms with Gasteiger partial charge in [0.05, 0.1) is 17.8 Å². The second-order valence-electron chi connectivity index (χ2n) is 4.55. The highest BCUT2D eigenvalue weighted by atomic mass is 35.5. The number of aryl methyl sites for hydroxylation is 1. The zero-order valence-corrected chi connectivity index (χ0v) is 10.9. The van der Waals surface area contributed by atoms with Crippen molar-refractivity contribution in [1.29, 1.82) is 0 Å². The van der Waals surface area contributed by atoms with E-state index in [4.69, 9.17) is 21.4 Å². The molecule has 0 aliphatic heterocycles. The van der Waals surface area contributed by atoms with Crippen LogP contribution in [0.25, 0.3) is 0 Å². The number of carboxylic acids is 1.